The van der Waals surface area contributed by atoms with Gasteiger partial charge in [-0.1, -0.05) is 19.1 Å². The molecule has 0 bridgehead atoms. The number of carbonyl (C=O) groups is 2. The predicted molar refractivity (Wildman–Crippen MR) is 106 cm³/mol. The van der Waals surface area contributed by atoms with Crippen LogP contribution in [0.5, 0.6) is 11.5 Å². The van der Waals surface area contributed by atoms with E-state index in [1.807, 2.05) is 26.8 Å². The lowest BCUT2D eigenvalue weighted by atomic mass is 10.1. The van der Waals surface area contributed by atoms with E-state index < -0.39 is 0 Å². The van der Waals surface area contributed by atoms with Crippen molar-refractivity contribution in [3.8, 4) is 11.5 Å². The normalized spacial score (nSPS) is 10.2. The van der Waals surface area contributed by atoms with Crippen LogP contribution in [0.1, 0.15) is 46.5 Å². The van der Waals surface area contributed by atoms with E-state index in [1.165, 1.54) is 0 Å². The molecule has 0 aliphatic heterocycles. The molecule has 2 aromatic carbocycles. The zero-order valence-corrected chi connectivity index (χ0v) is 16.2. The van der Waals surface area contributed by atoms with E-state index in [2.05, 4.69) is 10.6 Å². The average molecular weight is 370 g/mol. The Labute approximate surface area is 159 Å². The summed E-state index contributed by atoms with van der Waals surface area (Å²) in [5.74, 6) is 0.557. The molecule has 0 saturated carbocycles. The molecule has 144 valence electrons. The van der Waals surface area contributed by atoms with Gasteiger partial charge < -0.3 is 20.1 Å². The standard InChI is InChI=1S/C21H26N2O4/c1-5-12-27-17-11-10-15(13-18(17)26-6-2)20(24)23-16-9-7-8-14(3)19(16)21(25)22-4/h7-11,13H,5-6,12H2,1-4H3,(H,22,25)(H,23,24). The lowest BCUT2D eigenvalue weighted by molar-refractivity contribution is 0.0963. The predicted octanol–water partition coefficient (Wildman–Crippen LogP) is 3.79. The molecule has 27 heavy (non-hydrogen) atoms. The lowest BCUT2D eigenvalue weighted by Crippen LogP contribution is -2.22. The molecule has 6 heteroatoms. The van der Waals surface area contributed by atoms with E-state index >= 15 is 0 Å². The Balaban J connectivity index is 2.30. The van der Waals surface area contributed by atoms with Crippen LogP contribution < -0.4 is 20.1 Å². The molecule has 2 N–H and O–H groups in total. The van der Waals surface area contributed by atoms with Crippen molar-refractivity contribution in [3.63, 3.8) is 0 Å². The molecule has 0 spiro atoms. The van der Waals surface area contributed by atoms with Crippen LogP contribution in [0.15, 0.2) is 36.4 Å². The van der Waals surface area contributed by atoms with Crippen LogP contribution in [0.4, 0.5) is 5.69 Å². The molecule has 6 nitrogen and oxygen atoms in total. The van der Waals surface area contributed by atoms with Crippen LogP contribution in [0, 0.1) is 6.92 Å². The maximum absolute atomic E-state index is 12.7. The van der Waals surface area contributed by atoms with E-state index in [0.717, 1.165) is 12.0 Å². The fourth-order valence-electron chi connectivity index (χ4n) is 2.64. The summed E-state index contributed by atoms with van der Waals surface area (Å²) >= 11 is 0. The highest BCUT2D eigenvalue weighted by Gasteiger charge is 2.17. The fourth-order valence-corrected chi connectivity index (χ4v) is 2.64. The molecular formula is C21H26N2O4. The fraction of sp³-hybridized carbons (Fsp3) is 0.333. The van der Waals surface area contributed by atoms with Gasteiger partial charge in [0, 0.05) is 12.6 Å². The van der Waals surface area contributed by atoms with Gasteiger partial charge in [-0.2, -0.15) is 0 Å². The topological polar surface area (TPSA) is 76.7 Å². The monoisotopic (exact) mass is 370 g/mol. The summed E-state index contributed by atoms with van der Waals surface area (Å²) in [6, 6.07) is 10.4. The molecule has 0 radical (unpaired) electrons. The Morgan fingerprint density at radius 2 is 1.78 bits per heavy atom. The summed E-state index contributed by atoms with van der Waals surface area (Å²) in [4.78, 5) is 24.9. The number of rotatable bonds is 8. The average Bonchev–Trinajstić information content (AvgIpc) is 2.66. The zero-order valence-electron chi connectivity index (χ0n) is 16.2. The first-order chi connectivity index (χ1) is 13.0. The number of carbonyl (C=O) groups excluding carboxylic acids is 2. The molecule has 0 heterocycles. The van der Waals surface area contributed by atoms with Crippen LogP contribution in [0.2, 0.25) is 0 Å². The molecule has 0 atom stereocenters. The molecule has 0 fully saturated rings. The first kappa shape index (κ1) is 20.3. The second kappa shape index (κ2) is 9.62. The Hall–Kier alpha value is -3.02. The summed E-state index contributed by atoms with van der Waals surface area (Å²) in [6.07, 6.45) is 0.878. The molecule has 0 unspecified atom stereocenters. The van der Waals surface area contributed by atoms with Crippen molar-refractivity contribution >= 4 is 17.5 Å². The second-order valence-electron chi connectivity index (χ2n) is 5.97. The van der Waals surface area contributed by atoms with Crippen molar-refractivity contribution in [1.82, 2.24) is 5.32 Å². The van der Waals surface area contributed by atoms with Crippen molar-refractivity contribution in [1.29, 1.82) is 0 Å². The van der Waals surface area contributed by atoms with Gasteiger partial charge in [-0.15, -0.1) is 0 Å². The second-order valence-corrected chi connectivity index (χ2v) is 5.97. The number of aryl methyl sites for hydroxylation is 1. The van der Waals surface area contributed by atoms with Crippen LogP contribution in [0.3, 0.4) is 0 Å². The number of hydrogen-bond donors (Lipinski definition) is 2. The quantitative estimate of drug-likeness (QED) is 0.741. The number of hydrogen-bond acceptors (Lipinski definition) is 4. The minimum atomic E-state index is -0.325. The van der Waals surface area contributed by atoms with E-state index in [4.69, 9.17) is 9.47 Å². The van der Waals surface area contributed by atoms with E-state index in [1.54, 1.807) is 37.4 Å². The van der Waals surface area contributed by atoms with Gasteiger partial charge in [0.15, 0.2) is 11.5 Å². The molecule has 2 aromatic rings. The van der Waals surface area contributed by atoms with Gasteiger partial charge in [0.2, 0.25) is 0 Å². The smallest absolute Gasteiger partial charge is 0.255 e. The van der Waals surface area contributed by atoms with Gasteiger partial charge >= 0.3 is 0 Å². The Bertz CT molecular complexity index is 818. The van der Waals surface area contributed by atoms with Crippen molar-refractivity contribution < 1.29 is 19.1 Å². The van der Waals surface area contributed by atoms with Crippen molar-refractivity contribution in [2.45, 2.75) is 27.2 Å². The molecule has 0 aromatic heterocycles. The zero-order chi connectivity index (χ0) is 19.8. The summed E-state index contributed by atoms with van der Waals surface area (Å²) in [5, 5.41) is 5.42. The molecule has 0 aliphatic rings. The van der Waals surface area contributed by atoms with Gasteiger partial charge in [0.1, 0.15) is 0 Å². The van der Waals surface area contributed by atoms with Crippen LogP contribution in [0.25, 0.3) is 0 Å². The van der Waals surface area contributed by atoms with Gasteiger partial charge in [-0.25, -0.2) is 0 Å². The van der Waals surface area contributed by atoms with Crippen LogP contribution in [-0.4, -0.2) is 32.1 Å². The molecule has 2 amide bonds. The molecular weight excluding hydrogens is 344 g/mol. The first-order valence-electron chi connectivity index (χ1n) is 9.04. The third kappa shape index (κ3) is 5.00. The first-order valence-corrected chi connectivity index (χ1v) is 9.04. The van der Waals surface area contributed by atoms with Crippen molar-refractivity contribution in [3.05, 3.63) is 53.1 Å². The highest BCUT2D eigenvalue weighted by molar-refractivity contribution is 6.09. The van der Waals surface area contributed by atoms with Crippen LogP contribution in [-0.2, 0) is 0 Å². The van der Waals surface area contributed by atoms with E-state index in [9.17, 15) is 9.59 Å². The largest absolute Gasteiger partial charge is 0.490 e. The summed E-state index contributed by atoms with van der Waals surface area (Å²) in [7, 11) is 1.56. The summed E-state index contributed by atoms with van der Waals surface area (Å²) < 4.78 is 11.3. The van der Waals surface area contributed by atoms with E-state index in [-0.39, 0.29) is 11.8 Å². The van der Waals surface area contributed by atoms with Crippen LogP contribution >= 0.6 is 0 Å². The third-order valence-corrected chi connectivity index (χ3v) is 3.94. The van der Waals surface area contributed by atoms with Crippen molar-refractivity contribution in [2.24, 2.45) is 0 Å². The van der Waals surface area contributed by atoms with E-state index in [0.29, 0.717) is 41.5 Å². The van der Waals surface area contributed by atoms with Gasteiger partial charge in [0.05, 0.1) is 24.5 Å². The number of anilines is 1. The molecule has 0 aliphatic carbocycles. The Kier molecular flexibility index (Phi) is 7.23. The Morgan fingerprint density at radius 3 is 2.44 bits per heavy atom. The number of benzene rings is 2. The molecule has 0 saturated heterocycles. The maximum Gasteiger partial charge on any atom is 0.255 e. The Morgan fingerprint density at radius 1 is 1.00 bits per heavy atom. The van der Waals surface area contributed by atoms with Gasteiger partial charge in [-0.05, 0) is 50.1 Å². The SMILES string of the molecule is CCCOc1ccc(C(=O)Nc2cccc(C)c2C(=O)NC)cc1OCC. The summed E-state index contributed by atoms with van der Waals surface area (Å²) in [5.41, 5.74) is 2.11. The van der Waals surface area contributed by atoms with Crippen molar-refractivity contribution in [2.75, 3.05) is 25.6 Å². The third-order valence-electron chi connectivity index (χ3n) is 3.94. The maximum atomic E-state index is 12.7. The highest BCUT2D eigenvalue weighted by Crippen LogP contribution is 2.29. The van der Waals surface area contributed by atoms with Gasteiger partial charge in [0.25, 0.3) is 11.8 Å². The number of amides is 2. The number of ether oxygens (including phenoxy) is 2. The van der Waals surface area contributed by atoms with Gasteiger partial charge in [-0.3, -0.25) is 9.59 Å². The summed E-state index contributed by atoms with van der Waals surface area (Å²) in [6.45, 7) is 6.76. The highest BCUT2D eigenvalue weighted by atomic mass is 16.5. The number of nitrogens with one attached hydrogen (secondary N) is 2. The minimum Gasteiger partial charge on any atom is -0.490 e. The molecule has 2 rings (SSSR count). The lowest BCUT2D eigenvalue weighted by Gasteiger charge is -2.15. The minimum absolute atomic E-state index is 0.248.